The first-order chi connectivity index (χ1) is 9.08. The summed E-state index contributed by atoms with van der Waals surface area (Å²) in [7, 11) is -5.98. The molecule has 12 nitrogen and oxygen atoms in total. The fourth-order valence-corrected chi connectivity index (χ4v) is 0. The van der Waals surface area contributed by atoms with Gasteiger partial charge in [0.25, 0.3) is 0 Å². The second-order valence-electron chi connectivity index (χ2n) is 1.62. The number of rotatable bonds is 4. The molecule has 4 unspecified atom stereocenters. The Hall–Kier alpha value is 0.963. The van der Waals surface area contributed by atoms with Crippen molar-refractivity contribution in [1.82, 2.24) is 0 Å². The molecule has 0 aliphatic carbocycles. The topological polar surface area (TPSA) is 197 Å². The molecule has 0 saturated heterocycles. The average Bonchev–Trinajstić information content (AvgIpc) is 2.40. The minimum Gasteiger partial charge on any atom is -0.566 e. The molecule has 0 aromatic carbocycles. The van der Waals surface area contributed by atoms with Gasteiger partial charge in [-0.3, -0.25) is 0 Å². The molecule has 0 amide bonds. The summed E-state index contributed by atoms with van der Waals surface area (Å²) in [6.45, 7) is 0. The fraction of sp³-hybridized carbons (Fsp3) is 1.00. The third kappa shape index (κ3) is 93.8. The van der Waals surface area contributed by atoms with Gasteiger partial charge >= 0.3 is 59.2 Å². The number of hydrogen-bond donors (Lipinski definition) is 0. The van der Waals surface area contributed by atoms with Crippen molar-refractivity contribution in [2.45, 2.75) is 0 Å². The van der Waals surface area contributed by atoms with E-state index in [2.05, 4.69) is 18.1 Å². The molecule has 0 aliphatic rings. The van der Waals surface area contributed by atoms with Gasteiger partial charge in [-0.25, -0.2) is 0 Å². The Kier molecular flexibility index (Phi) is 46.4. The van der Waals surface area contributed by atoms with E-state index in [0.717, 1.165) is 28.4 Å². The zero-order chi connectivity index (χ0) is 17.1. The van der Waals surface area contributed by atoms with Gasteiger partial charge in [-0.1, -0.05) is 0 Å². The maximum Gasteiger partial charge on any atom is 4.00 e. The van der Waals surface area contributed by atoms with Gasteiger partial charge in [0.1, 0.15) is 0 Å². The first-order valence-corrected chi connectivity index (χ1v) is 8.21. The Labute approximate surface area is 143 Å². The van der Waals surface area contributed by atoms with Crippen LogP contribution in [0.3, 0.4) is 0 Å². The minimum atomic E-state index is -2.60. The van der Waals surface area contributed by atoms with E-state index >= 15 is 0 Å². The third-order valence-electron chi connectivity index (χ3n) is 0.596. The predicted molar refractivity (Wildman–Crippen MR) is 58.5 cm³/mol. The van der Waals surface area contributed by atoms with Crippen LogP contribution in [0.15, 0.2) is 0 Å². The van der Waals surface area contributed by atoms with E-state index in [1.165, 1.54) is 0 Å². The molecule has 0 aromatic rings. The van der Waals surface area contributed by atoms with Gasteiger partial charge in [-0.15, -0.1) is 0 Å². The molecule has 0 bridgehead atoms. The summed E-state index contributed by atoms with van der Waals surface area (Å²) >= 11 is 0. The second kappa shape index (κ2) is 29.0. The summed E-state index contributed by atoms with van der Waals surface area (Å²) in [4.78, 5) is 36.7. The maximum absolute atomic E-state index is 9.18. The van der Waals surface area contributed by atoms with E-state index < -0.39 is 33.0 Å². The molecule has 120 valence electrons. The van der Waals surface area contributed by atoms with E-state index in [1.54, 1.807) is 0 Å². The molecule has 0 aliphatic heterocycles. The zero-order valence-corrected chi connectivity index (χ0v) is 17.2. The van der Waals surface area contributed by atoms with Crippen molar-refractivity contribution in [3.63, 3.8) is 0 Å². The molecule has 0 rings (SSSR count). The van der Waals surface area contributed by atoms with Gasteiger partial charge in [-0.2, -0.15) is 18.1 Å². The first-order valence-electron chi connectivity index (χ1n) is 3.82. The Morgan fingerprint density at radius 3 is 0.571 bits per heavy atom. The van der Waals surface area contributed by atoms with Crippen molar-refractivity contribution >= 4 is 33.0 Å². The molecule has 17 heteroatoms. The Morgan fingerprint density at radius 2 is 0.571 bits per heavy atom. The molecule has 21 heavy (non-hydrogen) atoms. The van der Waals surface area contributed by atoms with Gasteiger partial charge in [-0.05, 0) is 18.3 Å². The van der Waals surface area contributed by atoms with E-state index in [9.17, 15) is 37.8 Å². The van der Waals surface area contributed by atoms with Crippen molar-refractivity contribution in [3.8, 4) is 0 Å². The van der Waals surface area contributed by atoms with Crippen LogP contribution >= 0.6 is 33.0 Å². The summed E-state index contributed by atoms with van der Waals surface area (Å²) in [6.07, 6.45) is 0. The Bertz CT molecular complexity index is 230. The van der Waals surface area contributed by atoms with Crippen LogP contribution in [0.5, 0.6) is 0 Å². The summed E-state index contributed by atoms with van der Waals surface area (Å²) in [5.41, 5.74) is 0. The van der Waals surface area contributed by atoms with E-state index in [-0.39, 0.29) is 26.2 Å². The van der Waals surface area contributed by atoms with E-state index in [1.807, 2.05) is 0 Å². The first kappa shape index (κ1) is 33.5. The van der Waals surface area contributed by atoms with Crippen LogP contribution < -0.4 is 19.6 Å². The largest absolute Gasteiger partial charge is 4.00 e. The number of hydrogen-bond acceptors (Lipinski definition) is 12. The normalized spacial score (nSPS) is 10.7. The quantitative estimate of drug-likeness (QED) is 0.439. The van der Waals surface area contributed by atoms with Gasteiger partial charge < -0.3 is 19.6 Å². The van der Waals surface area contributed by atoms with Crippen LogP contribution in [-0.4, -0.2) is 28.4 Å². The molecule has 0 heterocycles. The van der Waals surface area contributed by atoms with Crippen molar-refractivity contribution in [1.29, 1.82) is 0 Å². The molecule has 0 fully saturated rings. The molecule has 4 atom stereocenters. The molecule has 0 N–H and O–H groups in total. The summed E-state index contributed by atoms with van der Waals surface area (Å²) < 4.78 is 51.5. The smallest absolute Gasteiger partial charge is 0.566 e. The van der Waals surface area contributed by atoms with Crippen molar-refractivity contribution in [2.75, 3.05) is 28.4 Å². The molecule has 0 saturated carbocycles. The molecule has 0 spiro atoms. The molecular weight excluding hydrogens is 455 g/mol. The van der Waals surface area contributed by atoms with Crippen LogP contribution in [-0.2, 0) is 62.6 Å². The molecule has 0 aromatic heterocycles. The third-order valence-corrected chi connectivity index (χ3v) is 1.79. The van der Waals surface area contributed by atoms with Gasteiger partial charge in [0, 0.05) is 0 Å². The van der Waals surface area contributed by atoms with E-state index in [4.69, 9.17) is 0 Å². The van der Waals surface area contributed by atoms with Crippen molar-refractivity contribution in [2.24, 2.45) is 0 Å². The van der Waals surface area contributed by atoms with Gasteiger partial charge in [0.2, 0.25) is 0 Å². The van der Waals surface area contributed by atoms with Crippen LogP contribution in [0, 0.1) is 0 Å². The Balaban J connectivity index is -0.0000000533. The summed E-state index contributed by atoms with van der Waals surface area (Å²) in [6, 6.07) is 0. The average molecular weight is 467 g/mol. The second-order valence-corrected chi connectivity index (χ2v) is 4.87. The molecular formula is C4H12O12P4Zr+4. The summed E-state index contributed by atoms with van der Waals surface area (Å²) in [5, 5.41) is 0. The van der Waals surface area contributed by atoms with Crippen molar-refractivity contribution < 1.29 is 82.1 Å². The zero-order valence-electron chi connectivity index (χ0n) is 11.2. The summed E-state index contributed by atoms with van der Waals surface area (Å²) in [5.74, 6) is 0. The van der Waals surface area contributed by atoms with Crippen LogP contribution in [0.2, 0.25) is 0 Å². The standard InChI is InChI=1S/4CH3O3P.Zr/c4*1-4-5(2)3;/h4*1H3;/q;;;;+4. The SMILES string of the molecule is CO[P+](=O)[O-].CO[P+](=O)[O-].CO[P+](=O)[O-].CO[P+](=O)[O-].[Zr+4]. The molecule has 0 radical (unpaired) electrons. The van der Waals surface area contributed by atoms with E-state index in [0.29, 0.717) is 0 Å². The van der Waals surface area contributed by atoms with Crippen molar-refractivity contribution in [3.05, 3.63) is 0 Å². The van der Waals surface area contributed by atoms with Crippen LogP contribution in [0.25, 0.3) is 0 Å². The monoisotopic (exact) mass is 466 g/mol. The van der Waals surface area contributed by atoms with Gasteiger partial charge in [0.05, 0.1) is 28.4 Å². The Morgan fingerprint density at radius 1 is 0.524 bits per heavy atom. The minimum absolute atomic E-state index is 0. The van der Waals surface area contributed by atoms with Gasteiger partial charge in [0.15, 0.2) is 0 Å². The predicted octanol–water partition coefficient (Wildman–Crippen LogP) is -1.40. The van der Waals surface area contributed by atoms with Crippen LogP contribution in [0.1, 0.15) is 0 Å². The maximum atomic E-state index is 9.18. The fourth-order valence-electron chi connectivity index (χ4n) is 0. The van der Waals surface area contributed by atoms with Crippen LogP contribution in [0.4, 0.5) is 0 Å².